The number of imide groups is 1. The second kappa shape index (κ2) is 7.24. The first-order valence-corrected chi connectivity index (χ1v) is 11.7. The monoisotopic (exact) mass is 460 g/mol. The van der Waals surface area contributed by atoms with Crippen molar-refractivity contribution >= 4 is 34.3 Å². The molecule has 0 saturated carbocycles. The van der Waals surface area contributed by atoms with Crippen molar-refractivity contribution in [2.75, 3.05) is 5.32 Å². The van der Waals surface area contributed by atoms with Crippen LogP contribution in [0.4, 0.5) is 10.1 Å². The number of carbonyl (C=O) groups is 3. The fourth-order valence-corrected chi connectivity index (χ4v) is 6.13. The number of likely N-dealkylation sites (tertiary alicyclic amines) is 1. The molecule has 4 heterocycles. The maximum absolute atomic E-state index is 14.3. The van der Waals surface area contributed by atoms with E-state index in [0.717, 1.165) is 16.5 Å². The van der Waals surface area contributed by atoms with E-state index in [1.165, 1.54) is 23.1 Å². The van der Waals surface area contributed by atoms with Gasteiger partial charge in [-0.2, -0.15) is 0 Å². The van der Waals surface area contributed by atoms with Gasteiger partial charge in [0.1, 0.15) is 11.4 Å². The van der Waals surface area contributed by atoms with E-state index in [9.17, 15) is 18.8 Å². The summed E-state index contributed by atoms with van der Waals surface area (Å²) in [7, 11) is 0. The zero-order valence-electron chi connectivity index (χ0n) is 18.9. The van der Waals surface area contributed by atoms with Crippen LogP contribution in [0.25, 0.3) is 10.9 Å². The van der Waals surface area contributed by atoms with Gasteiger partial charge in [-0.3, -0.25) is 24.6 Å². The minimum absolute atomic E-state index is 0.267. The molecule has 3 N–H and O–H groups in total. The van der Waals surface area contributed by atoms with Gasteiger partial charge in [0, 0.05) is 40.4 Å². The highest BCUT2D eigenvalue weighted by molar-refractivity contribution is 6.15. The van der Waals surface area contributed by atoms with Gasteiger partial charge in [-0.15, -0.1) is 0 Å². The first-order valence-electron chi connectivity index (χ1n) is 11.7. The minimum Gasteiger partial charge on any atom is -0.361 e. The van der Waals surface area contributed by atoms with Gasteiger partial charge in [-0.05, 0) is 49.6 Å². The Morgan fingerprint density at radius 2 is 1.91 bits per heavy atom. The molecule has 0 aliphatic carbocycles. The molecule has 2 saturated heterocycles. The van der Waals surface area contributed by atoms with Crippen LogP contribution in [0.1, 0.15) is 31.4 Å². The van der Waals surface area contributed by atoms with Crippen LogP contribution in [0.3, 0.4) is 0 Å². The number of aromatic amines is 1. The number of para-hydroxylation sites is 1. The number of H-pyrrole nitrogens is 1. The lowest BCUT2D eigenvalue weighted by molar-refractivity contribution is -0.145. The standard InChI is InChI=1S/C26H25FN4O3/c1-3-13(2)31-23(32)21-20(10-14-12-28-18-7-5-4-6-16(14)18)30-26(22(21)24(31)33)17-11-15(27)8-9-19(17)29-25(26)34/h4-9,11-13,20-22,28,30H,3,10H2,1-2H3,(H,29,34)/t13?,20?,21-,22+,26?/m1/s1. The molecule has 2 fully saturated rings. The number of halogens is 1. The highest BCUT2D eigenvalue weighted by atomic mass is 19.1. The normalized spacial score (nSPS) is 28.6. The summed E-state index contributed by atoms with van der Waals surface area (Å²) < 4.78 is 14.3. The molecule has 3 aliphatic heterocycles. The molecule has 3 amide bonds. The Labute approximate surface area is 195 Å². The molecule has 1 spiro atoms. The van der Waals surface area contributed by atoms with Crippen LogP contribution in [0, 0.1) is 17.7 Å². The van der Waals surface area contributed by atoms with E-state index in [0.29, 0.717) is 24.1 Å². The van der Waals surface area contributed by atoms with Gasteiger partial charge in [-0.25, -0.2) is 4.39 Å². The number of carbonyl (C=O) groups excluding carboxylic acids is 3. The summed E-state index contributed by atoms with van der Waals surface area (Å²) in [6.45, 7) is 3.76. The molecule has 0 bridgehead atoms. The van der Waals surface area contributed by atoms with Crippen LogP contribution >= 0.6 is 0 Å². The number of anilines is 1. The van der Waals surface area contributed by atoms with Crippen LogP contribution in [-0.2, 0) is 26.3 Å². The summed E-state index contributed by atoms with van der Waals surface area (Å²) in [5.74, 6) is -3.22. The van der Waals surface area contributed by atoms with Crippen molar-refractivity contribution < 1.29 is 18.8 Å². The van der Waals surface area contributed by atoms with E-state index >= 15 is 0 Å². The number of benzene rings is 2. The Morgan fingerprint density at radius 1 is 1.12 bits per heavy atom. The van der Waals surface area contributed by atoms with Crippen LogP contribution in [0.2, 0.25) is 0 Å². The Bertz CT molecular complexity index is 1370. The molecular weight excluding hydrogens is 435 g/mol. The summed E-state index contributed by atoms with van der Waals surface area (Å²) in [4.78, 5) is 45.5. The lowest BCUT2D eigenvalue weighted by Gasteiger charge is -2.31. The maximum atomic E-state index is 14.3. The van der Waals surface area contributed by atoms with Crippen molar-refractivity contribution in [2.45, 2.75) is 44.3 Å². The molecular formula is C26H25FN4O3. The Kier molecular flexibility index (Phi) is 4.48. The van der Waals surface area contributed by atoms with Gasteiger partial charge in [0.2, 0.25) is 17.7 Å². The molecule has 34 heavy (non-hydrogen) atoms. The van der Waals surface area contributed by atoms with E-state index in [1.54, 1.807) is 0 Å². The average Bonchev–Trinajstić information content (AvgIpc) is 3.53. The molecule has 1 aromatic heterocycles. The number of hydrogen-bond donors (Lipinski definition) is 3. The van der Waals surface area contributed by atoms with Crippen LogP contribution in [0.15, 0.2) is 48.7 Å². The third kappa shape index (κ3) is 2.63. The summed E-state index contributed by atoms with van der Waals surface area (Å²) >= 11 is 0. The lowest BCUT2D eigenvalue weighted by atomic mass is 9.76. The number of rotatable bonds is 4. The number of hydrogen-bond acceptors (Lipinski definition) is 4. The SMILES string of the molecule is CCC(C)N1C(=O)[C@@H]2C(Cc3c[nH]c4ccccc34)NC3(C(=O)Nc4ccc(F)cc43)[C@@H]2C1=O. The maximum Gasteiger partial charge on any atom is 0.250 e. The minimum atomic E-state index is -1.49. The van der Waals surface area contributed by atoms with Crippen molar-refractivity contribution in [3.63, 3.8) is 0 Å². The summed E-state index contributed by atoms with van der Waals surface area (Å²) in [6, 6.07) is 11.2. The second-order valence-corrected chi connectivity index (χ2v) is 9.57. The molecule has 8 heteroatoms. The Balaban J connectivity index is 1.50. The van der Waals surface area contributed by atoms with E-state index in [1.807, 2.05) is 44.3 Å². The molecule has 3 unspecified atom stereocenters. The largest absolute Gasteiger partial charge is 0.361 e. The lowest BCUT2D eigenvalue weighted by Crippen LogP contribution is -2.54. The van der Waals surface area contributed by atoms with Gasteiger partial charge in [0.15, 0.2) is 0 Å². The van der Waals surface area contributed by atoms with Crippen molar-refractivity contribution in [1.29, 1.82) is 0 Å². The number of amides is 3. The predicted molar refractivity (Wildman–Crippen MR) is 124 cm³/mol. The topological polar surface area (TPSA) is 94.3 Å². The number of nitrogens with zero attached hydrogens (tertiary/aromatic N) is 1. The molecule has 7 nitrogen and oxygen atoms in total. The molecule has 0 radical (unpaired) electrons. The second-order valence-electron chi connectivity index (χ2n) is 9.57. The van der Waals surface area contributed by atoms with Gasteiger partial charge in [0.05, 0.1) is 11.8 Å². The highest BCUT2D eigenvalue weighted by Crippen LogP contribution is 2.53. The van der Waals surface area contributed by atoms with Crippen molar-refractivity contribution in [3.05, 3.63) is 65.6 Å². The Hall–Kier alpha value is -3.52. The molecule has 174 valence electrons. The third-order valence-corrected chi connectivity index (χ3v) is 7.86. The van der Waals surface area contributed by atoms with E-state index in [2.05, 4.69) is 15.6 Å². The van der Waals surface area contributed by atoms with Gasteiger partial charge in [-0.1, -0.05) is 25.1 Å². The summed E-state index contributed by atoms with van der Waals surface area (Å²) in [5, 5.41) is 7.23. The molecule has 6 rings (SSSR count). The van der Waals surface area contributed by atoms with Crippen molar-refractivity contribution in [1.82, 2.24) is 15.2 Å². The number of fused-ring (bicyclic) bond motifs is 5. The van der Waals surface area contributed by atoms with E-state index < -0.39 is 35.1 Å². The highest BCUT2D eigenvalue weighted by Gasteiger charge is 2.70. The zero-order valence-corrected chi connectivity index (χ0v) is 18.9. The fourth-order valence-electron chi connectivity index (χ4n) is 6.13. The van der Waals surface area contributed by atoms with Crippen LogP contribution in [0.5, 0.6) is 0 Å². The third-order valence-electron chi connectivity index (χ3n) is 7.86. The Morgan fingerprint density at radius 3 is 2.71 bits per heavy atom. The van der Waals surface area contributed by atoms with Gasteiger partial charge >= 0.3 is 0 Å². The number of aromatic nitrogens is 1. The first-order chi connectivity index (χ1) is 16.4. The van der Waals surface area contributed by atoms with Crippen molar-refractivity contribution in [2.24, 2.45) is 11.8 Å². The van der Waals surface area contributed by atoms with E-state index in [4.69, 9.17) is 0 Å². The van der Waals surface area contributed by atoms with Crippen LogP contribution in [-0.4, -0.2) is 39.7 Å². The number of nitrogens with one attached hydrogen (secondary N) is 3. The van der Waals surface area contributed by atoms with Gasteiger partial charge < -0.3 is 10.3 Å². The molecule has 5 atom stereocenters. The predicted octanol–water partition coefficient (Wildman–Crippen LogP) is 3.07. The first kappa shape index (κ1) is 21.0. The smallest absolute Gasteiger partial charge is 0.250 e. The quantitative estimate of drug-likeness (QED) is 0.522. The summed E-state index contributed by atoms with van der Waals surface area (Å²) in [6.07, 6.45) is 2.96. The van der Waals surface area contributed by atoms with E-state index in [-0.39, 0.29) is 17.9 Å². The van der Waals surface area contributed by atoms with Gasteiger partial charge in [0.25, 0.3) is 0 Å². The average molecular weight is 461 g/mol. The van der Waals surface area contributed by atoms with Crippen LogP contribution < -0.4 is 10.6 Å². The molecule has 3 aromatic rings. The summed E-state index contributed by atoms with van der Waals surface area (Å²) in [5.41, 5.74) is 1.33. The fraction of sp³-hybridized carbons (Fsp3) is 0.346. The molecule has 3 aliphatic rings. The van der Waals surface area contributed by atoms with Crippen molar-refractivity contribution in [3.8, 4) is 0 Å². The molecule has 2 aromatic carbocycles. The zero-order chi connectivity index (χ0) is 23.8.